The number of nitrogens with zero attached hydrogens (tertiary/aromatic N) is 1. The lowest BCUT2D eigenvalue weighted by Crippen LogP contribution is -2.60. The van der Waals surface area contributed by atoms with Crippen molar-refractivity contribution in [3.8, 4) is 0 Å². The van der Waals surface area contributed by atoms with Crippen LogP contribution in [0.25, 0.3) is 0 Å². The Morgan fingerprint density at radius 3 is 2.29 bits per heavy atom. The molecule has 4 heteroatoms. The van der Waals surface area contributed by atoms with Crippen LogP contribution < -0.4 is 0 Å². The smallest absolute Gasteiger partial charge is 0.409 e. The predicted molar refractivity (Wildman–Crippen MR) is 79.9 cm³/mol. The molecule has 0 spiro atoms. The SMILES string of the molecule is COC(=O)N1C[C@H]2CCC[C@@H](C1)C2(OC)c1ccccc1. The minimum absolute atomic E-state index is 0.218. The second kappa shape index (κ2) is 5.68. The number of rotatable bonds is 2. The molecule has 21 heavy (non-hydrogen) atoms. The highest BCUT2D eigenvalue weighted by Gasteiger charge is 2.53. The quantitative estimate of drug-likeness (QED) is 0.840. The molecule has 1 aromatic carbocycles. The first-order chi connectivity index (χ1) is 10.2. The fraction of sp³-hybridized carbons (Fsp3) is 0.588. The molecule has 1 heterocycles. The van der Waals surface area contributed by atoms with Crippen molar-refractivity contribution in [2.45, 2.75) is 24.9 Å². The van der Waals surface area contributed by atoms with Crippen LogP contribution in [0.5, 0.6) is 0 Å². The topological polar surface area (TPSA) is 38.8 Å². The van der Waals surface area contributed by atoms with Crippen LogP contribution in [0.3, 0.4) is 0 Å². The van der Waals surface area contributed by atoms with E-state index in [1.165, 1.54) is 19.1 Å². The van der Waals surface area contributed by atoms with E-state index in [9.17, 15) is 4.79 Å². The van der Waals surface area contributed by atoms with Gasteiger partial charge in [-0.3, -0.25) is 0 Å². The van der Waals surface area contributed by atoms with Gasteiger partial charge in [-0.05, 0) is 18.4 Å². The summed E-state index contributed by atoms with van der Waals surface area (Å²) >= 11 is 0. The monoisotopic (exact) mass is 289 g/mol. The van der Waals surface area contributed by atoms with Gasteiger partial charge in [0.1, 0.15) is 5.60 Å². The number of carbonyl (C=O) groups is 1. The van der Waals surface area contributed by atoms with Gasteiger partial charge < -0.3 is 14.4 Å². The van der Waals surface area contributed by atoms with Crippen LogP contribution in [-0.2, 0) is 15.1 Å². The zero-order valence-corrected chi connectivity index (χ0v) is 12.7. The molecule has 1 unspecified atom stereocenters. The minimum atomic E-state index is -0.260. The molecule has 0 radical (unpaired) electrons. The lowest BCUT2D eigenvalue weighted by molar-refractivity contribution is -0.164. The molecule has 1 saturated carbocycles. The maximum Gasteiger partial charge on any atom is 0.409 e. The first kappa shape index (κ1) is 14.4. The van der Waals surface area contributed by atoms with Crippen LogP contribution in [-0.4, -0.2) is 38.3 Å². The molecule has 1 aromatic rings. The van der Waals surface area contributed by atoms with Crippen LogP contribution in [0, 0.1) is 11.8 Å². The highest BCUT2D eigenvalue weighted by atomic mass is 16.5. The first-order valence-electron chi connectivity index (χ1n) is 7.66. The Morgan fingerprint density at radius 1 is 1.14 bits per heavy atom. The van der Waals surface area contributed by atoms with Gasteiger partial charge in [0.2, 0.25) is 0 Å². The fourth-order valence-corrected chi connectivity index (χ4v) is 4.33. The van der Waals surface area contributed by atoms with E-state index in [0.29, 0.717) is 24.9 Å². The lowest BCUT2D eigenvalue weighted by Gasteiger charge is -2.54. The number of benzene rings is 1. The van der Waals surface area contributed by atoms with E-state index < -0.39 is 0 Å². The van der Waals surface area contributed by atoms with Gasteiger partial charge in [0.15, 0.2) is 0 Å². The molecule has 114 valence electrons. The van der Waals surface area contributed by atoms with E-state index >= 15 is 0 Å². The van der Waals surface area contributed by atoms with Crippen LogP contribution in [0.15, 0.2) is 30.3 Å². The average molecular weight is 289 g/mol. The van der Waals surface area contributed by atoms with E-state index in [4.69, 9.17) is 9.47 Å². The molecule has 0 N–H and O–H groups in total. The Labute approximate surface area is 126 Å². The molecule has 3 rings (SSSR count). The molecule has 0 aromatic heterocycles. The number of hydrogen-bond acceptors (Lipinski definition) is 3. The van der Waals surface area contributed by atoms with E-state index in [1.54, 1.807) is 0 Å². The third-order valence-electron chi connectivity index (χ3n) is 5.20. The van der Waals surface area contributed by atoms with Gasteiger partial charge in [0, 0.05) is 32.0 Å². The van der Waals surface area contributed by atoms with Gasteiger partial charge in [-0.1, -0.05) is 36.8 Å². The van der Waals surface area contributed by atoms with Crippen LogP contribution in [0.2, 0.25) is 0 Å². The summed E-state index contributed by atoms with van der Waals surface area (Å²) in [4.78, 5) is 13.7. The Hall–Kier alpha value is -1.55. The van der Waals surface area contributed by atoms with E-state index in [1.807, 2.05) is 18.1 Å². The summed E-state index contributed by atoms with van der Waals surface area (Å²) < 4.78 is 11.0. The maximum absolute atomic E-state index is 11.9. The van der Waals surface area contributed by atoms with Crippen LogP contribution >= 0.6 is 0 Å². The van der Waals surface area contributed by atoms with Crippen molar-refractivity contribution < 1.29 is 14.3 Å². The molecule has 2 bridgehead atoms. The summed E-state index contributed by atoms with van der Waals surface area (Å²) in [6.45, 7) is 1.43. The number of piperidine rings is 1. The number of methoxy groups -OCH3 is 2. The number of amides is 1. The van der Waals surface area contributed by atoms with Gasteiger partial charge in [0.05, 0.1) is 7.11 Å². The zero-order chi connectivity index (χ0) is 14.9. The Bertz CT molecular complexity index is 488. The van der Waals surface area contributed by atoms with E-state index in [2.05, 4.69) is 24.3 Å². The Balaban J connectivity index is 1.97. The van der Waals surface area contributed by atoms with Crippen molar-refractivity contribution in [3.63, 3.8) is 0 Å². The molecular weight excluding hydrogens is 266 g/mol. The summed E-state index contributed by atoms with van der Waals surface area (Å²) in [7, 11) is 3.26. The average Bonchev–Trinajstić information content (AvgIpc) is 2.53. The third-order valence-corrected chi connectivity index (χ3v) is 5.20. The molecule has 4 nitrogen and oxygen atoms in total. The molecule has 1 aliphatic heterocycles. The van der Waals surface area contributed by atoms with Crippen LogP contribution in [0.1, 0.15) is 24.8 Å². The first-order valence-corrected chi connectivity index (χ1v) is 7.66. The van der Waals surface area contributed by atoms with E-state index in [-0.39, 0.29) is 11.7 Å². The summed E-state index contributed by atoms with van der Waals surface area (Å²) in [6.07, 6.45) is 3.17. The highest BCUT2D eigenvalue weighted by molar-refractivity contribution is 5.67. The summed E-state index contributed by atoms with van der Waals surface area (Å²) in [6, 6.07) is 10.5. The number of ether oxygens (including phenoxy) is 2. The Morgan fingerprint density at radius 2 is 1.76 bits per heavy atom. The summed E-state index contributed by atoms with van der Waals surface area (Å²) in [5.41, 5.74) is 0.982. The number of likely N-dealkylation sites (tertiary alicyclic amines) is 1. The number of fused-ring (bicyclic) bond motifs is 2. The van der Waals surface area contributed by atoms with Gasteiger partial charge >= 0.3 is 6.09 Å². The maximum atomic E-state index is 11.9. The third kappa shape index (κ3) is 2.22. The molecule has 3 atom stereocenters. The molecule has 1 saturated heterocycles. The van der Waals surface area contributed by atoms with Crippen molar-refractivity contribution in [1.82, 2.24) is 4.90 Å². The lowest BCUT2D eigenvalue weighted by atomic mass is 9.62. The van der Waals surface area contributed by atoms with Crippen LogP contribution in [0.4, 0.5) is 4.79 Å². The molecular formula is C17H23NO3. The predicted octanol–water partition coefficient (Wildman–Crippen LogP) is 3.03. The summed E-state index contributed by atoms with van der Waals surface area (Å²) in [5.74, 6) is 0.660. The minimum Gasteiger partial charge on any atom is -0.453 e. The highest BCUT2D eigenvalue weighted by Crippen LogP contribution is 2.51. The molecule has 2 aliphatic rings. The Kier molecular flexibility index (Phi) is 3.89. The van der Waals surface area contributed by atoms with Crippen molar-refractivity contribution >= 4 is 6.09 Å². The normalized spacial score (nSPS) is 31.8. The number of carbonyl (C=O) groups excluding carboxylic acids is 1. The standard InChI is InChI=1S/C17H23NO3/c1-20-16(19)18-11-14-9-6-10-15(12-18)17(14,21-2)13-7-4-3-5-8-13/h3-5,7-8,14-15H,6,9-12H2,1-2H3/t14-,15+,17?. The van der Waals surface area contributed by atoms with Crippen molar-refractivity contribution in [2.24, 2.45) is 11.8 Å². The van der Waals surface area contributed by atoms with Gasteiger partial charge in [0.25, 0.3) is 0 Å². The fourth-order valence-electron chi connectivity index (χ4n) is 4.33. The molecule has 1 amide bonds. The number of hydrogen-bond donors (Lipinski definition) is 0. The van der Waals surface area contributed by atoms with Gasteiger partial charge in [-0.2, -0.15) is 0 Å². The van der Waals surface area contributed by atoms with Crippen molar-refractivity contribution in [1.29, 1.82) is 0 Å². The second-order valence-corrected chi connectivity index (χ2v) is 6.06. The summed E-state index contributed by atoms with van der Waals surface area (Å²) in [5, 5.41) is 0. The van der Waals surface area contributed by atoms with Gasteiger partial charge in [-0.15, -0.1) is 0 Å². The zero-order valence-electron chi connectivity index (χ0n) is 12.7. The van der Waals surface area contributed by atoms with Gasteiger partial charge in [-0.25, -0.2) is 4.79 Å². The van der Waals surface area contributed by atoms with E-state index in [0.717, 1.165) is 12.8 Å². The van der Waals surface area contributed by atoms with Crippen molar-refractivity contribution in [2.75, 3.05) is 27.3 Å². The van der Waals surface area contributed by atoms with Crippen molar-refractivity contribution in [3.05, 3.63) is 35.9 Å². The second-order valence-electron chi connectivity index (χ2n) is 6.06. The largest absolute Gasteiger partial charge is 0.453 e. The molecule has 2 fully saturated rings. The molecule has 1 aliphatic carbocycles.